The van der Waals surface area contributed by atoms with Gasteiger partial charge in [0.15, 0.2) is 0 Å². The van der Waals surface area contributed by atoms with Gasteiger partial charge in [-0.1, -0.05) is 5.16 Å². The number of ether oxygens (including phenoxy) is 1. The molecule has 0 saturated carbocycles. The number of methoxy groups -OCH3 is 1. The van der Waals surface area contributed by atoms with Crippen LogP contribution in [0.4, 0.5) is 0 Å². The van der Waals surface area contributed by atoms with E-state index in [2.05, 4.69) is 10.1 Å². The lowest BCUT2D eigenvalue weighted by molar-refractivity contribution is 0.411. The Kier molecular flexibility index (Phi) is 4.34. The molecule has 0 radical (unpaired) electrons. The van der Waals surface area contributed by atoms with Crippen LogP contribution < -0.4 is 16.0 Å². The number of aromatic nitrogens is 4. The molecule has 8 nitrogen and oxygen atoms in total. The smallest absolute Gasteiger partial charge is 0.330 e. The summed E-state index contributed by atoms with van der Waals surface area (Å²) in [6, 6.07) is 7.24. The van der Waals surface area contributed by atoms with E-state index >= 15 is 0 Å². The fraction of sp³-hybridized carbons (Fsp3) is 0.176. The van der Waals surface area contributed by atoms with Crippen LogP contribution in [0.3, 0.4) is 0 Å². The summed E-state index contributed by atoms with van der Waals surface area (Å²) in [4.78, 5) is 28.0. The molecule has 0 spiro atoms. The fourth-order valence-corrected chi connectivity index (χ4v) is 2.27. The number of aryl methyl sites for hydroxylation is 1. The Morgan fingerprint density at radius 1 is 1.12 bits per heavy atom. The van der Waals surface area contributed by atoms with Crippen LogP contribution in [0.1, 0.15) is 11.5 Å². The van der Waals surface area contributed by atoms with E-state index in [1.807, 2.05) is 12.1 Å². The van der Waals surface area contributed by atoms with Crippen molar-refractivity contribution in [3.05, 3.63) is 62.8 Å². The topological polar surface area (TPSA) is 92.2 Å². The van der Waals surface area contributed by atoms with E-state index in [4.69, 9.17) is 9.26 Å². The van der Waals surface area contributed by atoms with Crippen molar-refractivity contribution in [2.24, 2.45) is 14.1 Å². The summed E-state index contributed by atoms with van der Waals surface area (Å²) in [5.74, 6) is 1.41. The average Bonchev–Trinajstić information content (AvgIpc) is 3.11. The maximum atomic E-state index is 12.1. The molecule has 0 atom stereocenters. The quantitative estimate of drug-likeness (QED) is 0.711. The normalized spacial score (nSPS) is 11.2. The molecule has 0 aliphatic heterocycles. The highest BCUT2D eigenvalue weighted by Gasteiger charge is 2.08. The zero-order chi connectivity index (χ0) is 18.0. The highest BCUT2D eigenvalue weighted by Crippen LogP contribution is 2.20. The predicted molar refractivity (Wildman–Crippen MR) is 92.1 cm³/mol. The molecule has 25 heavy (non-hydrogen) atoms. The third kappa shape index (κ3) is 3.27. The van der Waals surface area contributed by atoms with Crippen LogP contribution in [0.25, 0.3) is 23.5 Å². The fourth-order valence-electron chi connectivity index (χ4n) is 2.27. The van der Waals surface area contributed by atoms with Crippen LogP contribution >= 0.6 is 0 Å². The van der Waals surface area contributed by atoms with Crippen molar-refractivity contribution in [1.82, 2.24) is 19.3 Å². The summed E-state index contributed by atoms with van der Waals surface area (Å²) in [5.41, 5.74) is 0.340. The lowest BCUT2D eigenvalue weighted by Crippen LogP contribution is -2.37. The van der Waals surface area contributed by atoms with Crippen molar-refractivity contribution in [2.75, 3.05) is 7.11 Å². The van der Waals surface area contributed by atoms with Gasteiger partial charge in [-0.05, 0) is 30.3 Å². The van der Waals surface area contributed by atoms with Crippen LogP contribution in [0.5, 0.6) is 5.75 Å². The van der Waals surface area contributed by atoms with Crippen molar-refractivity contribution in [1.29, 1.82) is 0 Å². The molecule has 0 unspecified atom stereocenters. The second kappa shape index (κ2) is 6.60. The first-order chi connectivity index (χ1) is 12.0. The van der Waals surface area contributed by atoms with Crippen LogP contribution in [-0.4, -0.2) is 26.4 Å². The van der Waals surface area contributed by atoms with Gasteiger partial charge in [-0.3, -0.25) is 9.36 Å². The van der Waals surface area contributed by atoms with Gasteiger partial charge in [0.1, 0.15) is 5.75 Å². The molecule has 0 bridgehead atoms. The van der Waals surface area contributed by atoms with Crippen molar-refractivity contribution in [3.63, 3.8) is 0 Å². The molecule has 3 rings (SSSR count). The predicted octanol–water partition coefficient (Wildman–Crippen LogP) is 1.31. The van der Waals surface area contributed by atoms with Crippen molar-refractivity contribution < 1.29 is 9.26 Å². The number of benzene rings is 1. The second-order valence-electron chi connectivity index (χ2n) is 5.36. The molecule has 0 N–H and O–H groups in total. The largest absolute Gasteiger partial charge is 0.497 e. The van der Waals surface area contributed by atoms with Crippen molar-refractivity contribution in [3.8, 4) is 17.1 Å². The van der Waals surface area contributed by atoms with Crippen LogP contribution in [0.15, 0.2) is 44.6 Å². The van der Waals surface area contributed by atoms with E-state index < -0.39 is 5.56 Å². The number of hydrogen-bond donors (Lipinski definition) is 0. The molecule has 2 heterocycles. The highest BCUT2D eigenvalue weighted by molar-refractivity contribution is 5.66. The summed E-state index contributed by atoms with van der Waals surface area (Å²) in [5, 5.41) is 3.91. The van der Waals surface area contributed by atoms with Crippen molar-refractivity contribution in [2.45, 2.75) is 0 Å². The second-order valence-corrected chi connectivity index (χ2v) is 5.36. The Balaban J connectivity index is 1.87. The van der Waals surface area contributed by atoms with Gasteiger partial charge in [0, 0.05) is 31.9 Å². The van der Waals surface area contributed by atoms with Gasteiger partial charge < -0.3 is 13.8 Å². The minimum atomic E-state index is -0.394. The van der Waals surface area contributed by atoms with E-state index in [0.717, 1.165) is 15.9 Å². The molecule has 1 aromatic carbocycles. The maximum Gasteiger partial charge on any atom is 0.330 e. The van der Waals surface area contributed by atoms with Gasteiger partial charge in [0.05, 0.1) is 12.7 Å². The Morgan fingerprint density at radius 2 is 1.84 bits per heavy atom. The van der Waals surface area contributed by atoms with E-state index in [0.29, 0.717) is 11.4 Å². The van der Waals surface area contributed by atoms with Crippen LogP contribution in [0, 0.1) is 0 Å². The Bertz CT molecular complexity index is 1040. The lowest BCUT2D eigenvalue weighted by Gasteiger charge is -2.02. The molecule has 2 aromatic heterocycles. The first-order valence-electron chi connectivity index (χ1n) is 7.42. The summed E-state index contributed by atoms with van der Waals surface area (Å²) in [6.07, 6.45) is 4.52. The molecule has 8 heteroatoms. The van der Waals surface area contributed by atoms with Gasteiger partial charge in [0.25, 0.3) is 11.4 Å². The lowest BCUT2D eigenvalue weighted by atomic mass is 10.2. The Morgan fingerprint density at radius 3 is 2.52 bits per heavy atom. The van der Waals surface area contributed by atoms with Crippen LogP contribution in [-0.2, 0) is 14.1 Å². The van der Waals surface area contributed by atoms with E-state index in [1.165, 1.54) is 30.0 Å². The molecular formula is C17H16N4O4. The number of nitrogens with zero attached hydrogens (tertiary/aromatic N) is 4. The standard InChI is InChI=1S/C17H16N4O4/c1-20-10-12(16(22)21(2)17(20)23)6-9-14-18-15(19-25-14)11-4-7-13(24-3)8-5-11/h4-10H,1-3H3/b9-6+. The van der Waals surface area contributed by atoms with Crippen molar-refractivity contribution >= 4 is 12.2 Å². The zero-order valence-corrected chi connectivity index (χ0v) is 14.0. The van der Waals surface area contributed by atoms with Crippen LogP contribution in [0.2, 0.25) is 0 Å². The number of rotatable bonds is 4. The number of hydrogen-bond acceptors (Lipinski definition) is 6. The van der Waals surface area contributed by atoms with Gasteiger partial charge >= 0.3 is 5.69 Å². The summed E-state index contributed by atoms with van der Waals surface area (Å²) in [6.45, 7) is 0. The summed E-state index contributed by atoms with van der Waals surface area (Å²) >= 11 is 0. The van der Waals surface area contributed by atoms with E-state index in [9.17, 15) is 9.59 Å². The molecule has 0 aliphatic rings. The van der Waals surface area contributed by atoms with E-state index in [1.54, 1.807) is 26.3 Å². The van der Waals surface area contributed by atoms with Gasteiger partial charge in [-0.25, -0.2) is 4.79 Å². The first kappa shape index (κ1) is 16.4. The summed E-state index contributed by atoms with van der Waals surface area (Å²) < 4.78 is 12.6. The minimum Gasteiger partial charge on any atom is -0.497 e. The Hall–Kier alpha value is -3.42. The third-order valence-electron chi connectivity index (χ3n) is 3.67. The summed E-state index contributed by atoms with van der Waals surface area (Å²) in [7, 11) is 4.60. The molecule has 0 fully saturated rings. The highest BCUT2D eigenvalue weighted by atomic mass is 16.5. The SMILES string of the molecule is COc1ccc(-c2noc(/C=C/c3cn(C)c(=O)n(C)c3=O)n2)cc1. The Labute approximate surface area is 142 Å². The molecule has 0 amide bonds. The minimum absolute atomic E-state index is 0.252. The molecule has 0 aliphatic carbocycles. The zero-order valence-electron chi connectivity index (χ0n) is 14.0. The average molecular weight is 340 g/mol. The monoisotopic (exact) mass is 340 g/mol. The first-order valence-corrected chi connectivity index (χ1v) is 7.42. The molecule has 3 aromatic rings. The van der Waals surface area contributed by atoms with Gasteiger partial charge in [0.2, 0.25) is 5.82 Å². The molecule has 128 valence electrons. The molecular weight excluding hydrogens is 324 g/mol. The van der Waals surface area contributed by atoms with E-state index in [-0.39, 0.29) is 11.6 Å². The van der Waals surface area contributed by atoms with Gasteiger partial charge in [-0.15, -0.1) is 0 Å². The van der Waals surface area contributed by atoms with Gasteiger partial charge in [-0.2, -0.15) is 4.98 Å². The molecule has 0 saturated heterocycles. The maximum absolute atomic E-state index is 12.1. The third-order valence-corrected chi connectivity index (χ3v) is 3.67.